The molecular weight excluding hydrogens is 513 g/mol. The van der Waals surface area contributed by atoms with Gasteiger partial charge in [0.25, 0.3) is 5.91 Å². The lowest BCUT2D eigenvalue weighted by Crippen LogP contribution is -2.37. The standard InChI is InChI=1S/C15H20FNO.C13H9ClN2O2S/c16-14-11-12(3-1-8-17-9-2-10-17)4-7-15(14)18-13-5-6-13;14-11-4-3-10(19-11)7-1-2-9-8(5-7)6-18-16-12(9)13(15)17/h4,7,11,13H,1-3,5-6,8-10H2;1-5H,6H2,(H2,15,17). The summed E-state index contributed by atoms with van der Waals surface area (Å²) in [5.74, 6) is -0.375. The van der Waals surface area contributed by atoms with Crippen LogP contribution in [0.5, 0.6) is 5.75 Å². The molecule has 1 aliphatic carbocycles. The van der Waals surface area contributed by atoms with Crippen molar-refractivity contribution < 1.29 is 18.8 Å². The summed E-state index contributed by atoms with van der Waals surface area (Å²) < 4.78 is 20.0. The third-order valence-corrected chi connectivity index (χ3v) is 7.81. The van der Waals surface area contributed by atoms with Gasteiger partial charge in [-0.15, -0.1) is 11.3 Å². The van der Waals surface area contributed by atoms with Crippen LogP contribution in [0.2, 0.25) is 4.34 Å². The lowest BCUT2D eigenvalue weighted by atomic mass is 9.99. The van der Waals surface area contributed by atoms with E-state index in [4.69, 9.17) is 26.9 Å². The maximum Gasteiger partial charge on any atom is 0.271 e. The van der Waals surface area contributed by atoms with Gasteiger partial charge in [0, 0.05) is 16.0 Å². The van der Waals surface area contributed by atoms with Crippen LogP contribution in [0.4, 0.5) is 4.39 Å². The van der Waals surface area contributed by atoms with Crippen molar-refractivity contribution in [3.63, 3.8) is 0 Å². The fourth-order valence-corrected chi connectivity index (χ4v) is 5.27. The SMILES string of the molecule is Fc1cc(CCCN2CCC2)ccc1OC1CC1.NC(=O)C1=NOCc2cc(-c3ccc(Cl)s3)ccc21. The third-order valence-electron chi connectivity index (χ3n) is 6.53. The first-order chi connectivity index (χ1) is 18.0. The second-order valence-corrected chi connectivity index (χ2v) is 11.1. The molecule has 1 saturated heterocycles. The van der Waals surface area contributed by atoms with Crippen LogP contribution in [-0.4, -0.2) is 42.3 Å². The first-order valence-electron chi connectivity index (χ1n) is 12.5. The molecule has 0 atom stereocenters. The number of benzene rings is 2. The van der Waals surface area contributed by atoms with Gasteiger partial charge >= 0.3 is 0 Å². The van der Waals surface area contributed by atoms with Crippen molar-refractivity contribution in [3.05, 3.63) is 75.4 Å². The average molecular weight is 542 g/mol. The first kappa shape index (κ1) is 25.7. The molecule has 0 spiro atoms. The molecule has 1 aromatic heterocycles. The predicted octanol–water partition coefficient (Wildman–Crippen LogP) is 5.79. The number of nitrogens with zero attached hydrogens (tertiary/aromatic N) is 2. The maximum atomic E-state index is 13.8. The molecule has 6 nitrogen and oxygen atoms in total. The molecule has 9 heteroatoms. The summed E-state index contributed by atoms with van der Waals surface area (Å²) in [5.41, 5.74) is 9.17. The summed E-state index contributed by atoms with van der Waals surface area (Å²) in [6.07, 6.45) is 5.80. The number of carbonyl (C=O) groups is 1. The van der Waals surface area contributed by atoms with E-state index in [1.165, 1.54) is 30.8 Å². The van der Waals surface area contributed by atoms with Gasteiger partial charge < -0.3 is 20.2 Å². The van der Waals surface area contributed by atoms with E-state index in [1.807, 2.05) is 36.4 Å². The molecule has 2 aliphatic heterocycles. The van der Waals surface area contributed by atoms with Crippen molar-refractivity contribution in [3.8, 4) is 16.2 Å². The van der Waals surface area contributed by atoms with Crippen LogP contribution in [0.1, 0.15) is 42.4 Å². The molecule has 1 saturated carbocycles. The Bertz CT molecular complexity index is 1300. The van der Waals surface area contributed by atoms with E-state index in [2.05, 4.69) is 10.1 Å². The van der Waals surface area contributed by atoms with Crippen molar-refractivity contribution >= 4 is 34.6 Å². The van der Waals surface area contributed by atoms with E-state index in [0.29, 0.717) is 12.4 Å². The van der Waals surface area contributed by atoms with E-state index >= 15 is 0 Å². The monoisotopic (exact) mass is 541 g/mol. The molecule has 37 heavy (non-hydrogen) atoms. The molecular formula is C28H29ClFN3O3S. The van der Waals surface area contributed by atoms with Gasteiger partial charge in [0.15, 0.2) is 17.3 Å². The third kappa shape index (κ3) is 6.69. The number of nitrogens with two attached hydrogens (primary N) is 1. The number of hydrogen-bond acceptors (Lipinski definition) is 6. The topological polar surface area (TPSA) is 77.2 Å². The molecule has 3 heterocycles. The fraction of sp³-hybridized carbons (Fsp3) is 0.357. The average Bonchev–Trinajstić information content (AvgIpc) is 3.58. The molecule has 0 unspecified atom stereocenters. The van der Waals surface area contributed by atoms with Crippen LogP contribution in [0.15, 0.2) is 53.7 Å². The van der Waals surface area contributed by atoms with Crippen LogP contribution in [0.3, 0.4) is 0 Å². The number of rotatable bonds is 8. The van der Waals surface area contributed by atoms with Crippen LogP contribution in [-0.2, 0) is 22.7 Å². The fourth-order valence-electron chi connectivity index (χ4n) is 4.23. The molecule has 2 aromatic carbocycles. The van der Waals surface area contributed by atoms with Crippen molar-refractivity contribution in [1.29, 1.82) is 0 Å². The Balaban J connectivity index is 0.000000152. The number of thiophene rings is 1. The number of halogens is 2. The Morgan fingerprint density at radius 1 is 1.19 bits per heavy atom. The smallest absolute Gasteiger partial charge is 0.271 e. The summed E-state index contributed by atoms with van der Waals surface area (Å²) in [6, 6.07) is 15.0. The minimum Gasteiger partial charge on any atom is -0.487 e. The van der Waals surface area contributed by atoms with Gasteiger partial charge in [0.1, 0.15) is 6.61 Å². The normalized spacial score (nSPS) is 16.4. The number of carbonyl (C=O) groups excluding carboxylic acids is 1. The molecule has 3 aliphatic rings. The molecule has 3 aromatic rings. The van der Waals surface area contributed by atoms with Gasteiger partial charge in [-0.2, -0.15) is 0 Å². The maximum absolute atomic E-state index is 13.8. The summed E-state index contributed by atoms with van der Waals surface area (Å²) in [6.45, 7) is 3.95. The van der Waals surface area contributed by atoms with E-state index in [0.717, 1.165) is 63.7 Å². The molecule has 0 radical (unpaired) electrons. The van der Waals surface area contributed by atoms with Gasteiger partial charge in [-0.3, -0.25) is 4.79 Å². The highest BCUT2D eigenvalue weighted by Gasteiger charge is 2.25. The van der Waals surface area contributed by atoms with Gasteiger partial charge in [0.05, 0.1) is 10.4 Å². The summed E-state index contributed by atoms with van der Waals surface area (Å²) in [4.78, 5) is 19.8. The number of aryl methyl sites for hydroxylation is 1. The second-order valence-electron chi connectivity index (χ2n) is 9.43. The molecule has 0 bridgehead atoms. The Morgan fingerprint density at radius 2 is 2.03 bits per heavy atom. The zero-order chi connectivity index (χ0) is 25.8. The number of hydrogen-bond donors (Lipinski definition) is 1. The van der Waals surface area contributed by atoms with Gasteiger partial charge in [-0.25, -0.2) is 4.39 Å². The minimum absolute atomic E-state index is 0.164. The predicted molar refractivity (Wildman–Crippen MR) is 145 cm³/mol. The van der Waals surface area contributed by atoms with Gasteiger partial charge in [0.2, 0.25) is 0 Å². The van der Waals surface area contributed by atoms with E-state index in [1.54, 1.807) is 12.1 Å². The van der Waals surface area contributed by atoms with Crippen LogP contribution >= 0.6 is 22.9 Å². The van der Waals surface area contributed by atoms with Gasteiger partial charge in [-0.1, -0.05) is 35.0 Å². The van der Waals surface area contributed by atoms with Crippen molar-refractivity contribution in [2.75, 3.05) is 19.6 Å². The second kappa shape index (κ2) is 11.6. The number of primary amides is 1. The number of likely N-dealkylation sites (tertiary alicyclic amines) is 1. The van der Waals surface area contributed by atoms with Gasteiger partial charge in [-0.05, 0) is 93.2 Å². The van der Waals surface area contributed by atoms with Crippen molar-refractivity contribution in [2.45, 2.75) is 44.8 Å². The molecule has 194 valence electrons. The molecule has 6 rings (SSSR count). The number of fused-ring (bicyclic) bond motifs is 1. The summed E-state index contributed by atoms with van der Waals surface area (Å²) in [7, 11) is 0. The first-order valence-corrected chi connectivity index (χ1v) is 13.7. The highest BCUT2D eigenvalue weighted by Crippen LogP contribution is 2.33. The Hall–Kier alpha value is -2.94. The van der Waals surface area contributed by atoms with Crippen molar-refractivity contribution in [1.82, 2.24) is 4.90 Å². The number of oxime groups is 1. The van der Waals surface area contributed by atoms with E-state index in [-0.39, 0.29) is 17.6 Å². The molecule has 2 N–H and O–H groups in total. The largest absolute Gasteiger partial charge is 0.487 e. The summed E-state index contributed by atoms with van der Waals surface area (Å²) >= 11 is 7.43. The highest BCUT2D eigenvalue weighted by atomic mass is 35.5. The lowest BCUT2D eigenvalue weighted by Gasteiger charge is -2.30. The Labute approximate surface area is 224 Å². The van der Waals surface area contributed by atoms with E-state index < -0.39 is 5.91 Å². The zero-order valence-corrected chi connectivity index (χ0v) is 22.0. The Morgan fingerprint density at radius 3 is 2.68 bits per heavy atom. The highest BCUT2D eigenvalue weighted by molar-refractivity contribution is 7.19. The van der Waals surface area contributed by atoms with E-state index in [9.17, 15) is 9.18 Å². The Kier molecular flexibility index (Phi) is 8.08. The number of amides is 1. The minimum atomic E-state index is -0.590. The lowest BCUT2D eigenvalue weighted by molar-refractivity contribution is -0.112. The van der Waals surface area contributed by atoms with Crippen molar-refractivity contribution in [2.24, 2.45) is 10.9 Å². The molecule has 2 fully saturated rings. The quantitative estimate of drug-likeness (QED) is 0.391. The van der Waals surface area contributed by atoms with Crippen LogP contribution < -0.4 is 10.5 Å². The van der Waals surface area contributed by atoms with Crippen LogP contribution in [0, 0.1) is 5.82 Å². The zero-order valence-electron chi connectivity index (χ0n) is 20.4. The van der Waals surface area contributed by atoms with Crippen LogP contribution in [0.25, 0.3) is 10.4 Å². The number of ether oxygens (including phenoxy) is 1. The summed E-state index contributed by atoms with van der Waals surface area (Å²) in [5, 5.41) is 3.70. The molecule has 1 amide bonds.